The van der Waals surface area contributed by atoms with Crippen LogP contribution in [0.4, 0.5) is 0 Å². The number of amides is 1. The Morgan fingerprint density at radius 2 is 1.63 bits per heavy atom. The second-order valence-corrected chi connectivity index (χ2v) is 6.86. The van der Waals surface area contributed by atoms with Crippen LogP contribution in [-0.4, -0.2) is 17.1 Å². The maximum Gasteiger partial charge on any atom is 0.272 e. The largest absolute Gasteiger partial charge is 0.354 e. The van der Waals surface area contributed by atoms with Gasteiger partial charge in [-0.1, -0.05) is 60.7 Å². The first-order chi connectivity index (χ1) is 13.2. The summed E-state index contributed by atoms with van der Waals surface area (Å²) in [5, 5.41) is 5.25. The third-order valence-electron chi connectivity index (χ3n) is 4.29. The average molecular weight is 418 g/mol. The molecule has 4 nitrogen and oxygen atoms in total. The van der Waals surface area contributed by atoms with Crippen molar-refractivity contribution < 1.29 is 4.79 Å². The molecular formula is C22H16BrN3O. The number of hydrogen-bond acceptors (Lipinski definition) is 2. The number of aromatic nitrogens is 1. The van der Waals surface area contributed by atoms with E-state index >= 15 is 0 Å². The van der Waals surface area contributed by atoms with Gasteiger partial charge < -0.3 is 4.98 Å². The molecule has 4 aromatic rings. The molecule has 1 amide bonds. The monoisotopic (exact) mass is 417 g/mol. The molecule has 0 spiro atoms. The molecule has 1 aromatic heterocycles. The van der Waals surface area contributed by atoms with Gasteiger partial charge in [0.05, 0.1) is 17.5 Å². The van der Waals surface area contributed by atoms with Gasteiger partial charge in [0.15, 0.2) is 0 Å². The van der Waals surface area contributed by atoms with Crippen LogP contribution in [-0.2, 0) is 0 Å². The Hall–Kier alpha value is -3.18. The fraction of sp³-hybridized carbons (Fsp3) is 0. The van der Waals surface area contributed by atoms with E-state index in [4.69, 9.17) is 0 Å². The summed E-state index contributed by atoms with van der Waals surface area (Å²) in [5.41, 5.74) is 7.13. The third-order valence-corrected chi connectivity index (χ3v) is 4.98. The van der Waals surface area contributed by atoms with E-state index in [1.165, 1.54) is 0 Å². The third kappa shape index (κ3) is 3.55. The topological polar surface area (TPSA) is 57.2 Å². The molecule has 0 aliphatic heterocycles. The lowest BCUT2D eigenvalue weighted by atomic mass is 10.1. The molecule has 5 heteroatoms. The number of para-hydroxylation sites is 1. The number of carbonyl (C=O) groups is 1. The summed E-state index contributed by atoms with van der Waals surface area (Å²) in [6.07, 6.45) is 1.69. The van der Waals surface area contributed by atoms with Gasteiger partial charge in [-0.2, -0.15) is 5.10 Å². The highest BCUT2D eigenvalue weighted by molar-refractivity contribution is 9.10. The highest BCUT2D eigenvalue weighted by atomic mass is 79.9. The number of benzene rings is 3. The van der Waals surface area contributed by atoms with E-state index in [9.17, 15) is 4.79 Å². The van der Waals surface area contributed by atoms with Gasteiger partial charge in [0.2, 0.25) is 0 Å². The second-order valence-electron chi connectivity index (χ2n) is 6.00. The lowest BCUT2D eigenvalue weighted by Gasteiger charge is -2.03. The Morgan fingerprint density at radius 1 is 0.926 bits per heavy atom. The number of nitrogens with one attached hydrogen (secondary N) is 2. The summed E-state index contributed by atoms with van der Waals surface area (Å²) in [7, 11) is 0. The maximum atomic E-state index is 12.3. The van der Waals surface area contributed by atoms with Crippen LogP contribution in [0.1, 0.15) is 15.9 Å². The molecule has 0 aliphatic rings. The number of fused-ring (bicyclic) bond motifs is 1. The van der Waals surface area contributed by atoms with Crippen molar-refractivity contribution in [3.63, 3.8) is 0 Å². The van der Waals surface area contributed by atoms with E-state index in [2.05, 4.69) is 31.4 Å². The SMILES string of the molecule is O=C(N/N=C\c1c(-c2ccccc2)[nH]c2ccccc12)c1ccccc1Br. The zero-order valence-corrected chi connectivity index (χ0v) is 15.9. The Bertz CT molecular complexity index is 1130. The van der Waals surface area contributed by atoms with Crippen molar-refractivity contribution in [3.8, 4) is 11.3 Å². The average Bonchev–Trinajstić information content (AvgIpc) is 3.08. The van der Waals surface area contributed by atoms with Crippen LogP contribution in [0, 0.1) is 0 Å². The standard InChI is InChI=1S/C22H16BrN3O/c23-19-12-6-4-11-17(19)22(27)26-24-14-18-16-10-5-7-13-20(16)25-21(18)15-8-2-1-3-9-15/h1-14,25H,(H,26,27)/b24-14-. The molecule has 2 N–H and O–H groups in total. The van der Waals surface area contributed by atoms with E-state index in [0.717, 1.165) is 32.2 Å². The molecule has 3 aromatic carbocycles. The summed E-state index contributed by atoms with van der Waals surface area (Å²) < 4.78 is 0.731. The van der Waals surface area contributed by atoms with Crippen molar-refractivity contribution in [2.75, 3.05) is 0 Å². The number of H-pyrrole nitrogens is 1. The highest BCUT2D eigenvalue weighted by Crippen LogP contribution is 2.28. The summed E-state index contributed by atoms with van der Waals surface area (Å²) in [5.74, 6) is -0.264. The Morgan fingerprint density at radius 3 is 2.44 bits per heavy atom. The fourth-order valence-electron chi connectivity index (χ4n) is 2.99. The lowest BCUT2D eigenvalue weighted by Crippen LogP contribution is -2.18. The fourth-order valence-corrected chi connectivity index (χ4v) is 3.46. The van der Waals surface area contributed by atoms with Gasteiger partial charge in [0.25, 0.3) is 5.91 Å². The molecule has 0 fully saturated rings. The number of hydrogen-bond donors (Lipinski definition) is 2. The Kier molecular flexibility index (Phi) is 4.85. The minimum atomic E-state index is -0.264. The Balaban J connectivity index is 1.68. The summed E-state index contributed by atoms with van der Waals surface area (Å²) in [6.45, 7) is 0. The molecule has 0 saturated carbocycles. The normalized spacial score (nSPS) is 11.1. The molecule has 0 unspecified atom stereocenters. The predicted molar refractivity (Wildman–Crippen MR) is 113 cm³/mol. The van der Waals surface area contributed by atoms with Crippen molar-refractivity contribution in [3.05, 3.63) is 94.5 Å². The molecule has 1 heterocycles. The van der Waals surface area contributed by atoms with E-state index in [-0.39, 0.29) is 5.91 Å². The predicted octanol–water partition coefficient (Wildman–Crippen LogP) is 5.36. The van der Waals surface area contributed by atoms with Crippen molar-refractivity contribution >= 4 is 39.0 Å². The van der Waals surface area contributed by atoms with Gasteiger partial charge in [0, 0.05) is 20.9 Å². The summed E-state index contributed by atoms with van der Waals surface area (Å²) in [6, 6.07) is 25.4. The van der Waals surface area contributed by atoms with Crippen LogP contribution >= 0.6 is 15.9 Å². The van der Waals surface area contributed by atoms with E-state index in [1.807, 2.05) is 72.8 Å². The summed E-state index contributed by atoms with van der Waals surface area (Å²) >= 11 is 3.38. The van der Waals surface area contributed by atoms with Crippen LogP contribution in [0.25, 0.3) is 22.2 Å². The quantitative estimate of drug-likeness (QED) is 0.340. The van der Waals surface area contributed by atoms with Crippen LogP contribution in [0.3, 0.4) is 0 Å². The molecule has 27 heavy (non-hydrogen) atoms. The van der Waals surface area contributed by atoms with Crippen molar-refractivity contribution in [2.24, 2.45) is 5.10 Å². The number of hydrazone groups is 1. The van der Waals surface area contributed by atoms with Crippen molar-refractivity contribution in [2.45, 2.75) is 0 Å². The zero-order chi connectivity index (χ0) is 18.6. The van der Waals surface area contributed by atoms with Crippen LogP contribution in [0.15, 0.2) is 88.4 Å². The van der Waals surface area contributed by atoms with Crippen LogP contribution in [0.5, 0.6) is 0 Å². The number of halogens is 1. The van der Waals surface area contributed by atoms with Gasteiger partial charge in [-0.25, -0.2) is 5.43 Å². The molecular weight excluding hydrogens is 402 g/mol. The maximum absolute atomic E-state index is 12.3. The molecule has 0 aliphatic carbocycles. The molecule has 132 valence electrons. The van der Waals surface area contributed by atoms with Gasteiger partial charge in [-0.3, -0.25) is 4.79 Å². The number of rotatable bonds is 4. The smallest absolute Gasteiger partial charge is 0.272 e. The lowest BCUT2D eigenvalue weighted by molar-refractivity contribution is 0.0954. The van der Waals surface area contributed by atoms with E-state index < -0.39 is 0 Å². The molecule has 0 saturated heterocycles. The number of carbonyl (C=O) groups excluding carboxylic acids is 1. The van der Waals surface area contributed by atoms with Crippen LogP contribution < -0.4 is 5.43 Å². The van der Waals surface area contributed by atoms with Crippen molar-refractivity contribution in [1.29, 1.82) is 0 Å². The zero-order valence-electron chi connectivity index (χ0n) is 14.3. The first-order valence-electron chi connectivity index (χ1n) is 8.48. The van der Waals surface area contributed by atoms with Gasteiger partial charge in [0.1, 0.15) is 0 Å². The molecule has 4 rings (SSSR count). The molecule has 0 atom stereocenters. The first kappa shape index (κ1) is 17.2. The number of nitrogens with zero attached hydrogens (tertiary/aromatic N) is 1. The van der Waals surface area contributed by atoms with Gasteiger partial charge in [-0.05, 0) is 39.7 Å². The van der Waals surface area contributed by atoms with E-state index in [0.29, 0.717) is 5.56 Å². The first-order valence-corrected chi connectivity index (χ1v) is 9.27. The minimum absolute atomic E-state index is 0.264. The van der Waals surface area contributed by atoms with Crippen molar-refractivity contribution in [1.82, 2.24) is 10.4 Å². The van der Waals surface area contributed by atoms with Gasteiger partial charge >= 0.3 is 0 Å². The molecule has 0 bridgehead atoms. The highest BCUT2D eigenvalue weighted by Gasteiger charge is 2.12. The van der Waals surface area contributed by atoms with E-state index in [1.54, 1.807) is 12.3 Å². The molecule has 0 radical (unpaired) electrons. The van der Waals surface area contributed by atoms with Gasteiger partial charge in [-0.15, -0.1) is 0 Å². The second kappa shape index (κ2) is 7.60. The van der Waals surface area contributed by atoms with Crippen LogP contribution in [0.2, 0.25) is 0 Å². The Labute approximate surface area is 165 Å². The summed E-state index contributed by atoms with van der Waals surface area (Å²) in [4.78, 5) is 15.8. The number of aromatic amines is 1. The minimum Gasteiger partial charge on any atom is -0.354 e.